The molecule has 3 atom stereocenters. The number of piperidine rings is 1. The van der Waals surface area contributed by atoms with Gasteiger partial charge in [0.15, 0.2) is 0 Å². The number of carbonyl (C=O) groups excluding carboxylic acids is 1. The van der Waals surface area contributed by atoms with E-state index in [0.29, 0.717) is 13.0 Å². The Balaban J connectivity index is 1.69. The third-order valence-corrected chi connectivity index (χ3v) is 4.41. The van der Waals surface area contributed by atoms with Crippen molar-refractivity contribution in [3.63, 3.8) is 0 Å². The number of amides is 1. The largest absolute Gasteiger partial charge is 0.480 e. The molecule has 3 rings (SSSR count). The first-order valence-corrected chi connectivity index (χ1v) is 7.26. The summed E-state index contributed by atoms with van der Waals surface area (Å²) in [6, 6.07) is 9.40. The van der Waals surface area contributed by atoms with Gasteiger partial charge in [-0.15, -0.1) is 0 Å². The number of benzene rings is 1. The van der Waals surface area contributed by atoms with E-state index < -0.39 is 12.0 Å². The van der Waals surface area contributed by atoms with Gasteiger partial charge < -0.3 is 10.0 Å². The van der Waals surface area contributed by atoms with Crippen molar-refractivity contribution in [1.82, 2.24) is 4.90 Å². The van der Waals surface area contributed by atoms with Gasteiger partial charge in [0.1, 0.15) is 6.04 Å². The second-order valence-corrected chi connectivity index (χ2v) is 5.74. The summed E-state index contributed by atoms with van der Waals surface area (Å²) in [5.41, 5.74) is 1.19. The van der Waals surface area contributed by atoms with Crippen molar-refractivity contribution in [2.45, 2.75) is 37.6 Å². The molecule has 3 unspecified atom stereocenters. The summed E-state index contributed by atoms with van der Waals surface area (Å²) in [4.78, 5) is 25.4. The highest BCUT2D eigenvalue weighted by Crippen LogP contribution is 2.48. The van der Waals surface area contributed by atoms with Crippen LogP contribution in [-0.4, -0.2) is 34.5 Å². The van der Waals surface area contributed by atoms with Crippen LogP contribution in [0.2, 0.25) is 0 Å². The topological polar surface area (TPSA) is 57.6 Å². The molecule has 1 aromatic carbocycles. The van der Waals surface area contributed by atoms with Gasteiger partial charge in [-0.1, -0.05) is 30.3 Å². The van der Waals surface area contributed by atoms with E-state index in [0.717, 1.165) is 19.3 Å². The first-order valence-electron chi connectivity index (χ1n) is 7.26. The van der Waals surface area contributed by atoms with E-state index in [9.17, 15) is 14.7 Å². The highest BCUT2D eigenvalue weighted by molar-refractivity contribution is 5.87. The van der Waals surface area contributed by atoms with Crippen LogP contribution in [0, 0.1) is 5.92 Å². The Hall–Kier alpha value is -1.84. The zero-order chi connectivity index (χ0) is 14.1. The predicted molar refractivity (Wildman–Crippen MR) is 74.3 cm³/mol. The molecule has 1 N–H and O–H groups in total. The molecule has 1 amide bonds. The van der Waals surface area contributed by atoms with E-state index in [4.69, 9.17) is 0 Å². The minimum absolute atomic E-state index is 0.0163. The molecule has 20 heavy (non-hydrogen) atoms. The van der Waals surface area contributed by atoms with E-state index in [-0.39, 0.29) is 17.7 Å². The minimum atomic E-state index is -0.866. The van der Waals surface area contributed by atoms with Gasteiger partial charge in [-0.05, 0) is 37.2 Å². The number of carboxylic acid groups (broad SMARTS) is 1. The van der Waals surface area contributed by atoms with Crippen LogP contribution in [-0.2, 0) is 9.59 Å². The second-order valence-electron chi connectivity index (χ2n) is 5.74. The first-order chi connectivity index (χ1) is 9.68. The van der Waals surface area contributed by atoms with E-state index in [1.54, 1.807) is 4.90 Å². The Bertz CT molecular complexity index is 514. The lowest BCUT2D eigenvalue weighted by Crippen LogP contribution is -2.48. The lowest BCUT2D eigenvalue weighted by molar-refractivity contribution is -0.152. The molecule has 0 aromatic heterocycles. The second kappa shape index (κ2) is 5.27. The van der Waals surface area contributed by atoms with Crippen LogP contribution in [0.25, 0.3) is 0 Å². The Labute approximate surface area is 118 Å². The lowest BCUT2D eigenvalue weighted by atomic mass is 10.0. The molecule has 1 aromatic rings. The van der Waals surface area contributed by atoms with Gasteiger partial charge in [0, 0.05) is 12.5 Å². The number of carbonyl (C=O) groups is 2. The van der Waals surface area contributed by atoms with Gasteiger partial charge in [-0.2, -0.15) is 0 Å². The number of rotatable bonds is 3. The number of carboxylic acids is 1. The smallest absolute Gasteiger partial charge is 0.326 e. The fourth-order valence-corrected chi connectivity index (χ4v) is 3.20. The molecular formula is C16H19NO3. The zero-order valence-corrected chi connectivity index (χ0v) is 11.4. The normalized spacial score (nSPS) is 29.0. The molecule has 1 aliphatic carbocycles. The number of hydrogen-bond donors (Lipinski definition) is 1. The van der Waals surface area contributed by atoms with E-state index in [1.807, 2.05) is 30.3 Å². The number of aliphatic carboxylic acids is 1. The number of hydrogen-bond acceptors (Lipinski definition) is 2. The average Bonchev–Trinajstić information content (AvgIpc) is 3.28. The van der Waals surface area contributed by atoms with Crippen LogP contribution < -0.4 is 0 Å². The summed E-state index contributed by atoms with van der Waals surface area (Å²) in [5.74, 6) is -0.571. The van der Waals surface area contributed by atoms with Gasteiger partial charge in [0.25, 0.3) is 0 Å². The summed E-state index contributed by atoms with van der Waals surface area (Å²) < 4.78 is 0. The summed E-state index contributed by atoms with van der Waals surface area (Å²) in [5, 5.41) is 9.25. The van der Waals surface area contributed by atoms with Crippen molar-refractivity contribution in [2.75, 3.05) is 6.54 Å². The van der Waals surface area contributed by atoms with Crippen LogP contribution in [0.3, 0.4) is 0 Å². The molecule has 0 radical (unpaired) electrons. The summed E-state index contributed by atoms with van der Waals surface area (Å²) >= 11 is 0. The Morgan fingerprint density at radius 2 is 1.90 bits per heavy atom. The fraction of sp³-hybridized carbons (Fsp3) is 0.500. The van der Waals surface area contributed by atoms with Gasteiger partial charge >= 0.3 is 5.97 Å². The molecule has 106 valence electrons. The standard InChI is InChI=1S/C16H19NO3/c18-15(17-9-5-4-8-14(17)16(19)20)13-10-12(13)11-6-2-1-3-7-11/h1-3,6-7,12-14H,4-5,8-10H2,(H,19,20). The van der Waals surface area contributed by atoms with E-state index >= 15 is 0 Å². The van der Waals surface area contributed by atoms with E-state index in [1.165, 1.54) is 5.56 Å². The SMILES string of the molecule is O=C(O)C1CCCCN1C(=O)C1CC1c1ccccc1. The van der Waals surface area contributed by atoms with Gasteiger partial charge in [0.2, 0.25) is 5.91 Å². The monoisotopic (exact) mass is 273 g/mol. The predicted octanol–water partition coefficient (Wildman–Crippen LogP) is 2.26. The quantitative estimate of drug-likeness (QED) is 0.919. The molecule has 2 aliphatic rings. The average molecular weight is 273 g/mol. The Morgan fingerprint density at radius 3 is 2.60 bits per heavy atom. The van der Waals surface area contributed by atoms with Crippen molar-refractivity contribution in [1.29, 1.82) is 0 Å². The van der Waals surface area contributed by atoms with Crippen LogP contribution in [0.1, 0.15) is 37.2 Å². The fourth-order valence-electron chi connectivity index (χ4n) is 3.20. The summed E-state index contributed by atoms with van der Waals surface area (Å²) in [7, 11) is 0. The zero-order valence-electron chi connectivity index (χ0n) is 11.4. The summed E-state index contributed by atoms with van der Waals surface area (Å²) in [6.07, 6.45) is 3.25. The third kappa shape index (κ3) is 2.42. The molecule has 2 fully saturated rings. The molecule has 1 heterocycles. The summed E-state index contributed by atoms with van der Waals surface area (Å²) in [6.45, 7) is 0.591. The first kappa shape index (κ1) is 13.2. The van der Waals surface area contributed by atoms with Crippen molar-refractivity contribution < 1.29 is 14.7 Å². The van der Waals surface area contributed by atoms with Crippen molar-refractivity contribution in [3.05, 3.63) is 35.9 Å². The van der Waals surface area contributed by atoms with Crippen LogP contribution in [0.5, 0.6) is 0 Å². The highest BCUT2D eigenvalue weighted by Gasteiger charge is 2.47. The Kier molecular flexibility index (Phi) is 3.47. The maximum atomic E-state index is 12.5. The van der Waals surface area contributed by atoms with Crippen molar-refractivity contribution in [3.8, 4) is 0 Å². The molecule has 4 heteroatoms. The van der Waals surface area contributed by atoms with Crippen LogP contribution in [0.4, 0.5) is 0 Å². The molecular weight excluding hydrogens is 254 g/mol. The lowest BCUT2D eigenvalue weighted by Gasteiger charge is -2.33. The third-order valence-electron chi connectivity index (χ3n) is 4.41. The maximum absolute atomic E-state index is 12.5. The molecule has 0 spiro atoms. The molecule has 1 saturated carbocycles. The van der Waals surface area contributed by atoms with Gasteiger partial charge in [0.05, 0.1) is 0 Å². The van der Waals surface area contributed by atoms with Crippen molar-refractivity contribution >= 4 is 11.9 Å². The number of likely N-dealkylation sites (tertiary alicyclic amines) is 1. The Morgan fingerprint density at radius 1 is 1.15 bits per heavy atom. The maximum Gasteiger partial charge on any atom is 0.326 e. The minimum Gasteiger partial charge on any atom is -0.480 e. The van der Waals surface area contributed by atoms with Gasteiger partial charge in [-0.25, -0.2) is 4.79 Å². The molecule has 0 bridgehead atoms. The van der Waals surface area contributed by atoms with Crippen molar-refractivity contribution in [2.24, 2.45) is 5.92 Å². The van der Waals surface area contributed by atoms with Crippen LogP contribution in [0.15, 0.2) is 30.3 Å². The van der Waals surface area contributed by atoms with Gasteiger partial charge in [-0.3, -0.25) is 4.79 Å². The van der Waals surface area contributed by atoms with Crippen LogP contribution >= 0.6 is 0 Å². The van der Waals surface area contributed by atoms with E-state index in [2.05, 4.69) is 0 Å². The molecule has 4 nitrogen and oxygen atoms in total. The molecule has 1 aliphatic heterocycles. The number of nitrogens with zero attached hydrogens (tertiary/aromatic N) is 1. The molecule has 1 saturated heterocycles. The highest BCUT2D eigenvalue weighted by atomic mass is 16.4.